The van der Waals surface area contributed by atoms with Crippen molar-refractivity contribution in [3.05, 3.63) is 62.0 Å². The van der Waals surface area contributed by atoms with Crippen LogP contribution in [0.3, 0.4) is 0 Å². The zero-order chi connectivity index (χ0) is 16.4. The van der Waals surface area contributed by atoms with Crippen LogP contribution >= 0.6 is 22.9 Å². The van der Waals surface area contributed by atoms with Crippen LogP contribution in [0.15, 0.2) is 36.4 Å². The molecule has 1 aliphatic rings. The number of nitrogens with one attached hydrogen (secondary N) is 1. The Morgan fingerprint density at radius 3 is 2.91 bits per heavy atom. The Morgan fingerprint density at radius 2 is 2.22 bits per heavy atom. The van der Waals surface area contributed by atoms with E-state index in [0.29, 0.717) is 29.5 Å². The highest BCUT2D eigenvalue weighted by atomic mass is 35.5. The smallest absolute Gasteiger partial charge is 0.324 e. The summed E-state index contributed by atoms with van der Waals surface area (Å²) in [5.74, 6) is -0.186. The highest BCUT2D eigenvalue weighted by molar-refractivity contribution is 7.17. The topological polar surface area (TPSA) is 75.5 Å². The fraction of sp³-hybridized carbons (Fsp3) is 0.267. The molecule has 23 heavy (non-hydrogen) atoms. The molecule has 1 amide bonds. The van der Waals surface area contributed by atoms with Crippen molar-refractivity contribution in [1.29, 1.82) is 0 Å². The van der Waals surface area contributed by atoms with Crippen molar-refractivity contribution >= 4 is 33.8 Å². The lowest BCUT2D eigenvalue weighted by molar-refractivity contribution is -0.380. The number of piperazine rings is 1. The molecule has 1 unspecified atom stereocenters. The molecule has 1 fully saturated rings. The lowest BCUT2D eigenvalue weighted by Crippen LogP contribution is -2.48. The Morgan fingerprint density at radius 1 is 1.39 bits per heavy atom. The Balaban J connectivity index is 1.88. The molecule has 1 aromatic carbocycles. The molecule has 0 spiro atoms. The average molecular weight is 352 g/mol. The second kappa shape index (κ2) is 6.66. The van der Waals surface area contributed by atoms with Crippen molar-refractivity contribution in [2.24, 2.45) is 0 Å². The molecule has 1 saturated heterocycles. The van der Waals surface area contributed by atoms with Gasteiger partial charge in [0.25, 0.3) is 5.91 Å². The highest BCUT2D eigenvalue weighted by Crippen LogP contribution is 2.30. The van der Waals surface area contributed by atoms with Crippen molar-refractivity contribution < 1.29 is 9.72 Å². The number of carbonyl (C=O) groups is 1. The van der Waals surface area contributed by atoms with E-state index in [4.69, 9.17) is 11.6 Å². The van der Waals surface area contributed by atoms with Gasteiger partial charge >= 0.3 is 5.00 Å². The summed E-state index contributed by atoms with van der Waals surface area (Å²) in [5.41, 5.74) is 0.948. The lowest BCUT2D eigenvalue weighted by Gasteiger charge is -2.36. The van der Waals surface area contributed by atoms with Crippen molar-refractivity contribution in [3.63, 3.8) is 0 Å². The quantitative estimate of drug-likeness (QED) is 0.681. The van der Waals surface area contributed by atoms with E-state index in [0.717, 1.165) is 16.9 Å². The van der Waals surface area contributed by atoms with Gasteiger partial charge in [0, 0.05) is 30.7 Å². The Bertz CT molecular complexity index is 749. The van der Waals surface area contributed by atoms with Crippen molar-refractivity contribution in [2.75, 3.05) is 19.6 Å². The Labute approximate surface area is 141 Å². The first-order chi connectivity index (χ1) is 11.1. The van der Waals surface area contributed by atoms with E-state index >= 15 is 0 Å². The third kappa shape index (κ3) is 3.36. The first-order valence-electron chi connectivity index (χ1n) is 7.07. The number of benzene rings is 1. The second-order valence-corrected chi connectivity index (χ2v) is 6.67. The summed E-state index contributed by atoms with van der Waals surface area (Å²) in [5, 5.41) is 14.7. The lowest BCUT2D eigenvalue weighted by atomic mass is 10.0. The van der Waals surface area contributed by atoms with Crippen molar-refractivity contribution in [1.82, 2.24) is 10.2 Å². The summed E-state index contributed by atoms with van der Waals surface area (Å²) in [4.78, 5) is 25.2. The standard InChI is InChI=1S/C15H14ClN3O3S/c16-11-3-1-2-10(8-11)12-9-17-6-7-18(12)15(20)13-4-5-14(23-13)19(21)22/h1-5,8,12,17H,6-7,9H2. The molecule has 0 radical (unpaired) electrons. The molecule has 6 nitrogen and oxygen atoms in total. The molecule has 1 N–H and O–H groups in total. The minimum atomic E-state index is -0.479. The van der Waals surface area contributed by atoms with Gasteiger partial charge in [0.2, 0.25) is 0 Å². The maximum Gasteiger partial charge on any atom is 0.324 e. The zero-order valence-electron chi connectivity index (χ0n) is 12.1. The van der Waals surface area contributed by atoms with Crippen LogP contribution < -0.4 is 5.32 Å². The van der Waals surface area contributed by atoms with Crippen LogP contribution in [0.2, 0.25) is 5.02 Å². The number of thiophene rings is 1. The van der Waals surface area contributed by atoms with Crippen molar-refractivity contribution in [3.8, 4) is 0 Å². The van der Waals surface area contributed by atoms with Gasteiger partial charge in [-0.1, -0.05) is 35.1 Å². The second-order valence-electron chi connectivity index (χ2n) is 5.17. The summed E-state index contributed by atoms with van der Waals surface area (Å²) in [6.45, 7) is 1.86. The highest BCUT2D eigenvalue weighted by Gasteiger charge is 2.30. The number of amides is 1. The van der Waals surface area contributed by atoms with E-state index in [1.807, 2.05) is 18.2 Å². The maximum atomic E-state index is 12.8. The molecule has 8 heteroatoms. The van der Waals surface area contributed by atoms with Gasteiger partial charge in [-0.05, 0) is 23.8 Å². The van der Waals surface area contributed by atoms with Gasteiger partial charge in [-0.3, -0.25) is 14.9 Å². The molecule has 2 aromatic rings. The van der Waals surface area contributed by atoms with Crippen LogP contribution in [-0.2, 0) is 0 Å². The largest absolute Gasteiger partial charge is 0.328 e. The third-order valence-corrected chi connectivity index (χ3v) is 4.98. The zero-order valence-corrected chi connectivity index (χ0v) is 13.6. The van der Waals surface area contributed by atoms with E-state index in [2.05, 4.69) is 5.32 Å². The minimum Gasteiger partial charge on any atom is -0.328 e. The van der Waals surface area contributed by atoms with Crippen LogP contribution in [0.4, 0.5) is 5.00 Å². The van der Waals surface area contributed by atoms with Gasteiger partial charge in [-0.25, -0.2) is 0 Å². The summed E-state index contributed by atoms with van der Waals surface area (Å²) < 4.78 is 0. The molecule has 0 bridgehead atoms. The molecule has 0 aliphatic carbocycles. The molecule has 0 saturated carbocycles. The first-order valence-corrected chi connectivity index (χ1v) is 8.27. The number of hydrogen-bond acceptors (Lipinski definition) is 5. The summed E-state index contributed by atoms with van der Waals surface area (Å²) >= 11 is 6.96. The minimum absolute atomic E-state index is 0.0252. The van der Waals surface area contributed by atoms with Crippen LogP contribution in [0, 0.1) is 10.1 Å². The summed E-state index contributed by atoms with van der Waals surface area (Å²) in [6, 6.07) is 10.2. The predicted octanol–water partition coefficient (Wildman–Crippen LogP) is 3.10. The van der Waals surface area contributed by atoms with Crippen LogP contribution in [0.25, 0.3) is 0 Å². The summed E-state index contributed by atoms with van der Waals surface area (Å²) in [6.07, 6.45) is 0. The number of rotatable bonds is 3. The van der Waals surface area contributed by atoms with Crippen LogP contribution in [-0.4, -0.2) is 35.4 Å². The first kappa shape index (κ1) is 15.9. The maximum absolute atomic E-state index is 12.8. The number of nitrogens with zero attached hydrogens (tertiary/aromatic N) is 2. The predicted molar refractivity (Wildman–Crippen MR) is 89.1 cm³/mol. The SMILES string of the molecule is O=C(c1ccc([N+](=O)[O-])s1)N1CCNCC1c1cccc(Cl)c1. The number of nitro groups is 1. The molecular weight excluding hydrogens is 338 g/mol. The number of halogens is 1. The van der Waals surface area contributed by atoms with Gasteiger partial charge in [-0.15, -0.1) is 0 Å². The molecule has 2 heterocycles. The molecule has 1 atom stereocenters. The third-order valence-electron chi connectivity index (χ3n) is 3.72. The Kier molecular flexibility index (Phi) is 4.61. The summed E-state index contributed by atoms with van der Waals surface area (Å²) in [7, 11) is 0. The van der Waals surface area contributed by atoms with E-state index < -0.39 is 4.92 Å². The van der Waals surface area contributed by atoms with Gasteiger partial charge < -0.3 is 10.2 Å². The fourth-order valence-electron chi connectivity index (χ4n) is 2.64. The van der Waals surface area contributed by atoms with Gasteiger partial charge in [0.1, 0.15) is 0 Å². The monoisotopic (exact) mass is 351 g/mol. The molecule has 3 rings (SSSR count). The van der Waals surface area contributed by atoms with Crippen molar-refractivity contribution in [2.45, 2.75) is 6.04 Å². The molecule has 1 aliphatic heterocycles. The van der Waals surface area contributed by atoms with Crippen LogP contribution in [0.1, 0.15) is 21.3 Å². The normalized spacial score (nSPS) is 18.0. The number of hydrogen-bond donors (Lipinski definition) is 1. The number of carbonyl (C=O) groups excluding carboxylic acids is 1. The molecule has 1 aromatic heterocycles. The van der Waals surface area contributed by atoms with Gasteiger partial charge in [-0.2, -0.15) is 0 Å². The Hall–Kier alpha value is -1.96. The van der Waals surface area contributed by atoms with E-state index in [9.17, 15) is 14.9 Å². The fourth-order valence-corrected chi connectivity index (χ4v) is 3.62. The van der Waals surface area contributed by atoms with Gasteiger partial charge in [0.15, 0.2) is 0 Å². The van der Waals surface area contributed by atoms with E-state index in [1.165, 1.54) is 12.1 Å². The van der Waals surface area contributed by atoms with Crippen LogP contribution in [0.5, 0.6) is 0 Å². The molecular formula is C15H14ClN3O3S. The van der Waals surface area contributed by atoms with Gasteiger partial charge in [0.05, 0.1) is 15.8 Å². The van der Waals surface area contributed by atoms with E-state index in [1.54, 1.807) is 11.0 Å². The molecule has 120 valence electrons. The van der Waals surface area contributed by atoms with E-state index in [-0.39, 0.29) is 17.0 Å². The average Bonchev–Trinajstić information content (AvgIpc) is 3.04.